The van der Waals surface area contributed by atoms with E-state index in [0.717, 1.165) is 37.2 Å². The van der Waals surface area contributed by atoms with Crippen LogP contribution in [-0.4, -0.2) is 53.0 Å². The van der Waals surface area contributed by atoms with Crippen LogP contribution in [0.2, 0.25) is 0 Å². The maximum Gasteiger partial charge on any atom is 0.272 e. The van der Waals surface area contributed by atoms with Crippen molar-refractivity contribution in [1.82, 2.24) is 14.8 Å². The molecule has 3 heterocycles. The number of alkyl halides is 1. The number of hydrogen-bond donors (Lipinski definition) is 0. The molecule has 0 N–H and O–H groups in total. The van der Waals surface area contributed by atoms with Crippen molar-refractivity contribution in [1.29, 1.82) is 0 Å². The summed E-state index contributed by atoms with van der Waals surface area (Å²) in [6.45, 7) is 12.2. The minimum atomic E-state index is -0.888. The molecule has 2 aliphatic heterocycles. The van der Waals surface area contributed by atoms with Crippen LogP contribution in [0.25, 0.3) is 0 Å². The van der Waals surface area contributed by atoms with Gasteiger partial charge in [0.05, 0.1) is 12.2 Å². The van der Waals surface area contributed by atoms with Crippen LogP contribution in [0.3, 0.4) is 0 Å². The molecule has 1 amide bonds. The summed E-state index contributed by atoms with van der Waals surface area (Å²) in [5.41, 5.74) is 1.36. The fourth-order valence-electron chi connectivity index (χ4n) is 3.14. The third-order valence-electron chi connectivity index (χ3n) is 4.76. The highest BCUT2D eigenvalue weighted by molar-refractivity contribution is 5.92. The number of rotatable bonds is 4. The Labute approximate surface area is 145 Å². The largest absolute Gasteiger partial charge is 0.334 e. The van der Waals surface area contributed by atoms with Crippen molar-refractivity contribution < 1.29 is 9.18 Å². The van der Waals surface area contributed by atoms with Gasteiger partial charge in [-0.1, -0.05) is 33.8 Å². The van der Waals surface area contributed by atoms with Crippen molar-refractivity contribution >= 4 is 5.91 Å². The highest BCUT2D eigenvalue weighted by Gasteiger charge is 2.30. The van der Waals surface area contributed by atoms with Crippen LogP contribution in [-0.2, 0) is 6.54 Å². The summed E-state index contributed by atoms with van der Waals surface area (Å²) in [5, 5.41) is 0. The molecule has 1 atom stereocenters. The third kappa shape index (κ3) is 4.53. The molecule has 2 fully saturated rings. The highest BCUT2D eigenvalue weighted by atomic mass is 19.1. The number of halogens is 1. The van der Waals surface area contributed by atoms with Crippen molar-refractivity contribution in [3.63, 3.8) is 0 Å². The summed E-state index contributed by atoms with van der Waals surface area (Å²) in [4.78, 5) is 20.7. The van der Waals surface area contributed by atoms with Gasteiger partial charge < -0.3 is 4.90 Å². The Morgan fingerprint density at radius 2 is 2.00 bits per heavy atom. The quantitative estimate of drug-likeness (QED) is 0.846. The first-order valence-corrected chi connectivity index (χ1v) is 9.14. The minimum absolute atomic E-state index is 0.148. The SMILES string of the molecule is CC.CC(C)C1CN(Cc2cccc(C(=O)N3CCC(F)C3)n2)C1. The zero-order valence-electron chi connectivity index (χ0n) is 15.3. The molecule has 134 valence electrons. The average molecular weight is 335 g/mol. The summed E-state index contributed by atoms with van der Waals surface area (Å²) in [5.74, 6) is 1.35. The van der Waals surface area contributed by atoms with Gasteiger partial charge in [0.2, 0.25) is 0 Å². The van der Waals surface area contributed by atoms with E-state index in [0.29, 0.717) is 18.7 Å². The van der Waals surface area contributed by atoms with Crippen molar-refractivity contribution in [2.45, 2.75) is 46.8 Å². The molecular weight excluding hydrogens is 305 g/mol. The summed E-state index contributed by atoms with van der Waals surface area (Å²) in [7, 11) is 0. The molecule has 1 unspecified atom stereocenters. The van der Waals surface area contributed by atoms with Crippen LogP contribution in [0.4, 0.5) is 4.39 Å². The smallest absolute Gasteiger partial charge is 0.272 e. The van der Waals surface area contributed by atoms with E-state index in [-0.39, 0.29) is 12.5 Å². The molecule has 0 saturated carbocycles. The first-order valence-electron chi connectivity index (χ1n) is 9.14. The second-order valence-electron chi connectivity index (χ2n) is 6.85. The number of nitrogens with zero attached hydrogens (tertiary/aromatic N) is 3. The molecule has 1 aromatic rings. The number of hydrogen-bond acceptors (Lipinski definition) is 3. The normalized spacial score (nSPS) is 21.4. The number of aromatic nitrogens is 1. The molecule has 0 spiro atoms. The van der Waals surface area contributed by atoms with Crippen LogP contribution in [0.15, 0.2) is 18.2 Å². The van der Waals surface area contributed by atoms with Crippen LogP contribution in [0.1, 0.15) is 50.3 Å². The van der Waals surface area contributed by atoms with Crippen LogP contribution in [0, 0.1) is 11.8 Å². The van der Waals surface area contributed by atoms with Crippen molar-refractivity contribution in [2.24, 2.45) is 11.8 Å². The highest BCUT2D eigenvalue weighted by Crippen LogP contribution is 2.24. The zero-order chi connectivity index (χ0) is 17.7. The fraction of sp³-hybridized carbons (Fsp3) is 0.684. The van der Waals surface area contributed by atoms with Gasteiger partial charge in [0.25, 0.3) is 5.91 Å². The number of likely N-dealkylation sites (tertiary alicyclic amines) is 2. The topological polar surface area (TPSA) is 36.4 Å². The molecule has 0 radical (unpaired) electrons. The molecule has 1 aromatic heterocycles. The van der Waals surface area contributed by atoms with E-state index in [4.69, 9.17) is 0 Å². The lowest BCUT2D eigenvalue weighted by Crippen LogP contribution is -2.48. The number of amides is 1. The minimum Gasteiger partial charge on any atom is -0.334 e. The van der Waals surface area contributed by atoms with Gasteiger partial charge in [0.1, 0.15) is 11.9 Å². The lowest BCUT2D eigenvalue weighted by Gasteiger charge is -2.41. The summed E-state index contributed by atoms with van der Waals surface area (Å²) in [6.07, 6.45) is -0.448. The molecule has 24 heavy (non-hydrogen) atoms. The van der Waals surface area contributed by atoms with E-state index in [9.17, 15) is 9.18 Å². The van der Waals surface area contributed by atoms with Crippen molar-refractivity contribution in [3.05, 3.63) is 29.6 Å². The summed E-state index contributed by atoms with van der Waals surface area (Å²) >= 11 is 0. The maximum atomic E-state index is 13.2. The Bertz CT molecular complexity index is 543. The molecule has 0 aromatic carbocycles. The zero-order valence-corrected chi connectivity index (χ0v) is 15.3. The van der Waals surface area contributed by atoms with E-state index in [1.165, 1.54) is 0 Å². The summed E-state index contributed by atoms with van der Waals surface area (Å²) in [6, 6.07) is 5.56. The molecule has 2 saturated heterocycles. The fourth-order valence-corrected chi connectivity index (χ4v) is 3.14. The lowest BCUT2D eigenvalue weighted by atomic mass is 9.88. The van der Waals surface area contributed by atoms with Gasteiger partial charge in [-0.05, 0) is 30.4 Å². The molecular formula is C19H30FN3O. The molecule has 2 aliphatic rings. The van der Waals surface area contributed by atoms with Gasteiger partial charge in [0, 0.05) is 26.2 Å². The Morgan fingerprint density at radius 1 is 1.29 bits per heavy atom. The molecule has 3 rings (SSSR count). The second kappa shape index (κ2) is 8.56. The van der Waals surface area contributed by atoms with E-state index < -0.39 is 6.17 Å². The number of pyridine rings is 1. The Balaban J connectivity index is 0.00000100. The van der Waals surface area contributed by atoms with Crippen LogP contribution in [0.5, 0.6) is 0 Å². The van der Waals surface area contributed by atoms with Gasteiger partial charge in [-0.15, -0.1) is 0 Å². The van der Waals surface area contributed by atoms with Crippen LogP contribution < -0.4 is 0 Å². The van der Waals surface area contributed by atoms with Gasteiger partial charge in [-0.2, -0.15) is 0 Å². The molecule has 4 nitrogen and oxygen atoms in total. The van der Waals surface area contributed by atoms with Crippen LogP contribution >= 0.6 is 0 Å². The first kappa shape index (κ1) is 18.8. The van der Waals surface area contributed by atoms with Crippen molar-refractivity contribution in [2.75, 3.05) is 26.2 Å². The van der Waals surface area contributed by atoms with E-state index in [1.54, 1.807) is 11.0 Å². The second-order valence-corrected chi connectivity index (χ2v) is 6.85. The summed E-state index contributed by atoms with van der Waals surface area (Å²) < 4.78 is 13.2. The molecule has 0 bridgehead atoms. The predicted molar refractivity (Wildman–Crippen MR) is 94.6 cm³/mol. The Kier molecular flexibility index (Phi) is 6.72. The van der Waals surface area contributed by atoms with Gasteiger partial charge >= 0.3 is 0 Å². The number of carbonyl (C=O) groups excluding carboxylic acids is 1. The number of carbonyl (C=O) groups is 1. The lowest BCUT2D eigenvalue weighted by molar-refractivity contribution is 0.0600. The molecule has 0 aliphatic carbocycles. The first-order chi connectivity index (χ1) is 11.5. The van der Waals surface area contributed by atoms with Gasteiger partial charge in [0.15, 0.2) is 0 Å². The average Bonchev–Trinajstić information content (AvgIpc) is 2.98. The third-order valence-corrected chi connectivity index (χ3v) is 4.76. The molecule has 5 heteroatoms. The van der Waals surface area contributed by atoms with Gasteiger partial charge in [-0.3, -0.25) is 9.69 Å². The van der Waals surface area contributed by atoms with E-state index in [1.807, 2.05) is 26.0 Å². The Morgan fingerprint density at radius 3 is 2.58 bits per heavy atom. The van der Waals surface area contributed by atoms with E-state index >= 15 is 0 Å². The standard InChI is InChI=1S/C17H24FN3O.C2H6/c1-12(2)13-8-20(9-13)11-15-4-3-5-16(19-15)17(22)21-7-6-14(18)10-21;1-2/h3-5,12-14H,6-11H2,1-2H3;1-2H3. The van der Waals surface area contributed by atoms with Crippen molar-refractivity contribution in [3.8, 4) is 0 Å². The Hall–Kier alpha value is -1.49. The predicted octanol–water partition coefficient (Wildman–Crippen LogP) is 3.38. The van der Waals surface area contributed by atoms with Gasteiger partial charge in [-0.25, -0.2) is 9.37 Å². The van der Waals surface area contributed by atoms with E-state index in [2.05, 4.69) is 23.7 Å². The maximum absolute atomic E-state index is 13.2. The monoisotopic (exact) mass is 335 g/mol.